The van der Waals surface area contributed by atoms with E-state index < -0.39 is 6.04 Å². The number of benzene rings is 3. The molecular weight excluding hydrogens is 454 g/mol. The molecule has 0 saturated heterocycles. The lowest BCUT2D eigenvalue weighted by molar-refractivity contribution is -0.129. The van der Waals surface area contributed by atoms with Gasteiger partial charge in [0.2, 0.25) is 0 Å². The summed E-state index contributed by atoms with van der Waals surface area (Å²) in [5.41, 5.74) is 4.57. The summed E-state index contributed by atoms with van der Waals surface area (Å²) in [5.74, 6) is 1.82. The van der Waals surface area contributed by atoms with Gasteiger partial charge in [-0.3, -0.25) is 4.79 Å². The van der Waals surface area contributed by atoms with Crippen LogP contribution < -0.4 is 14.2 Å². The molecule has 1 amide bonds. The van der Waals surface area contributed by atoms with E-state index in [1.165, 1.54) is 5.56 Å². The highest BCUT2D eigenvalue weighted by Gasteiger charge is 2.40. The number of nitrogens with zero attached hydrogens (tertiary/aromatic N) is 1. The number of hydrogen-bond acceptors (Lipinski definition) is 5. The molecule has 3 aromatic rings. The molecule has 3 aromatic carbocycles. The summed E-state index contributed by atoms with van der Waals surface area (Å²) in [7, 11) is 4.82. The van der Waals surface area contributed by atoms with E-state index >= 15 is 0 Å². The molecule has 0 spiro atoms. The Balaban J connectivity index is 1.70. The zero-order valence-electron chi connectivity index (χ0n) is 21.4. The highest BCUT2D eigenvalue weighted by Crippen LogP contribution is 2.43. The van der Waals surface area contributed by atoms with Gasteiger partial charge in [0.25, 0.3) is 5.91 Å². The first kappa shape index (κ1) is 25.2. The van der Waals surface area contributed by atoms with Crippen LogP contribution in [-0.2, 0) is 11.2 Å². The summed E-state index contributed by atoms with van der Waals surface area (Å²) in [6.45, 7) is 4.73. The van der Waals surface area contributed by atoms with Gasteiger partial charge in [-0.2, -0.15) is 0 Å². The maximum atomic E-state index is 13.4. The quantitative estimate of drug-likeness (QED) is 0.405. The van der Waals surface area contributed by atoms with Gasteiger partial charge in [-0.25, -0.2) is 0 Å². The van der Waals surface area contributed by atoms with Crippen molar-refractivity contribution in [2.24, 2.45) is 0 Å². The lowest BCUT2D eigenvalue weighted by Gasteiger charge is -2.28. The minimum atomic E-state index is -0.410. The van der Waals surface area contributed by atoms with Crippen LogP contribution in [0, 0.1) is 0 Å². The second-order valence-electron chi connectivity index (χ2n) is 9.15. The van der Waals surface area contributed by atoms with E-state index in [2.05, 4.69) is 38.1 Å². The molecule has 4 rings (SSSR count). The van der Waals surface area contributed by atoms with Crippen LogP contribution in [-0.4, -0.2) is 43.8 Å². The first-order valence-electron chi connectivity index (χ1n) is 12.1. The number of carbonyl (C=O) groups is 1. The Morgan fingerprint density at radius 2 is 1.53 bits per heavy atom. The lowest BCUT2D eigenvalue weighted by Crippen LogP contribution is -2.32. The van der Waals surface area contributed by atoms with Crippen molar-refractivity contribution in [2.75, 3.05) is 27.9 Å². The fourth-order valence-corrected chi connectivity index (χ4v) is 4.65. The van der Waals surface area contributed by atoms with Gasteiger partial charge < -0.3 is 24.2 Å². The zero-order chi connectivity index (χ0) is 25.8. The van der Waals surface area contributed by atoms with Crippen molar-refractivity contribution in [1.82, 2.24) is 4.90 Å². The Morgan fingerprint density at radius 3 is 2.11 bits per heavy atom. The second-order valence-corrected chi connectivity index (χ2v) is 9.15. The number of rotatable bonds is 9. The summed E-state index contributed by atoms with van der Waals surface area (Å²) < 4.78 is 16.1. The van der Waals surface area contributed by atoms with Crippen molar-refractivity contribution in [3.05, 3.63) is 94.7 Å². The van der Waals surface area contributed by atoms with Crippen LogP contribution in [0.1, 0.15) is 48.1 Å². The molecule has 6 nitrogen and oxygen atoms in total. The SMILES string of the molecule is COc1ccc(C2=C(O)C(=O)N(CCc3ccc(OC)c(OC)c3)C2c2ccc(C(C)C)cc2)cc1. The Kier molecular flexibility index (Phi) is 7.53. The van der Waals surface area contributed by atoms with Gasteiger partial charge in [0.1, 0.15) is 5.75 Å². The van der Waals surface area contributed by atoms with Crippen LogP contribution in [0.4, 0.5) is 0 Å². The molecule has 36 heavy (non-hydrogen) atoms. The molecular formula is C30H33NO5. The topological polar surface area (TPSA) is 68.2 Å². The van der Waals surface area contributed by atoms with E-state index in [4.69, 9.17) is 14.2 Å². The Bertz CT molecular complexity index is 1250. The molecule has 1 unspecified atom stereocenters. The first-order valence-corrected chi connectivity index (χ1v) is 12.1. The number of aliphatic hydroxyl groups is 1. The third-order valence-corrected chi connectivity index (χ3v) is 6.71. The van der Waals surface area contributed by atoms with Gasteiger partial charge >= 0.3 is 0 Å². The smallest absolute Gasteiger partial charge is 0.289 e. The van der Waals surface area contributed by atoms with Gasteiger partial charge in [0.15, 0.2) is 17.3 Å². The number of aliphatic hydroxyl groups excluding tert-OH is 1. The molecule has 0 fully saturated rings. The highest BCUT2D eigenvalue weighted by atomic mass is 16.5. The van der Waals surface area contributed by atoms with E-state index in [0.717, 1.165) is 16.7 Å². The largest absolute Gasteiger partial charge is 0.503 e. The molecule has 0 saturated carbocycles. The molecule has 0 radical (unpaired) electrons. The Morgan fingerprint density at radius 1 is 0.861 bits per heavy atom. The third-order valence-electron chi connectivity index (χ3n) is 6.71. The molecule has 1 aliphatic heterocycles. The van der Waals surface area contributed by atoms with E-state index in [1.54, 1.807) is 26.2 Å². The molecule has 6 heteroatoms. The van der Waals surface area contributed by atoms with Gasteiger partial charge in [-0.15, -0.1) is 0 Å². The number of carbonyl (C=O) groups excluding carboxylic acids is 1. The number of amides is 1. The van der Waals surface area contributed by atoms with Gasteiger partial charge in [-0.1, -0.05) is 56.3 Å². The molecule has 0 bridgehead atoms. The average Bonchev–Trinajstić information content (AvgIpc) is 3.16. The summed E-state index contributed by atoms with van der Waals surface area (Å²) in [6.07, 6.45) is 0.593. The van der Waals surface area contributed by atoms with Crippen LogP contribution in [0.25, 0.3) is 5.57 Å². The monoisotopic (exact) mass is 487 g/mol. The standard InChI is InChI=1S/C30H33NO5/c1-19(2)21-7-9-23(10-8-21)28-27(22-11-13-24(34-3)14-12-22)29(32)30(33)31(28)17-16-20-6-15-25(35-4)26(18-20)36-5/h6-15,18-19,28,32H,16-17H2,1-5H3. The van der Waals surface area contributed by atoms with Crippen LogP contribution in [0.5, 0.6) is 17.2 Å². The minimum Gasteiger partial charge on any atom is -0.503 e. The average molecular weight is 488 g/mol. The summed E-state index contributed by atoms with van der Waals surface area (Å²) in [6, 6.07) is 21.1. The minimum absolute atomic E-state index is 0.217. The van der Waals surface area contributed by atoms with E-state index in [1.807, 2.05) is 42.5 Å². The zero-order valence-corrected chi connectivity index (χ0v) is 21.4. The fraction of sp³-hybridized carbons (Fsp3) is 0.300. The Hall–Kier alpha value is -3.93. The number of methoxy groups -OCH3 is 3. The fourth-order valence-electron chi connectivity index (χ4n) is 4.65. The van der Waals surface area contributed by atoms with Crippen molar-refractivity contribution in [3.8, 4) is 17.2 Å². The van der Waals surface area contributed by atoms with Crippen molar-refractivity contribution in [2.45, 2.75) is 32.2 Å². The Labute approximate surface area is 212 Å². The van der Waals surface area contributed by atoms with E-state index in [0.29, 0.717) is 41.7 Å². The van der Waals surface area contributed by atoms with Crippen LogP contribution in [0.3, 0.4) is 0 Å². The maximum Gasteiger partial charge on any atom is 0.289 e. The maximum absolute atomic E-state index is 13.4. The number of ether oxygens (including phenoxy) is 3. The molecule has 1 N–H and O–H groups in total. The van der Waals surface area contributed by atoms with Crippen LogP contribution in [0.2, 0.25) is 0 Å². The van der Waals surface area contributed by atoms with Crippen molar-refractivity contribution in [1.29, 1.82) is 0 Å². The highest BCUT2D eigenvalue weighted by molar-refractivity contribution is 6.05. The molecule has 0 aromatic heterocycles. The summed E-state index contributed by atoms with van der Waals surface area (Å²) in [5, 5.41) is 11.1. The predicted molar refractivity (Wildman–Crippen MR) is 141 cm³/mol. The van der Waals surface area contributed by atoms with Crippen LogP contribution in [0.15, 0.2) is 72.5 Å². The first-order chi connectivity index (χ1) is 17.4. The van der Waals surface area contributed by atoms with Crippen LogP contribution >= 0.6 is 0 Å². The van der Waals surface area contributed by atoms with Crippen molar-refractivity contribution < 1.29 is 24.1 Å². The third kappa shape index (κ3) is 4.89. The summed E-state index contributed by atoms with van der Waals surface area (Å²) >= 11 is 0. The molecule has 0 aliphatic carbocycles. The predicted octanol–water partition coefficient (Wildman–Crippen LogP) is 5.93. The van der Waals surface area contributed by atoms with Crippen molar-refractivity contribution in [3.63, 3.8) is 0 Å². The summed E-state index contributed by atoms with van der Waals surface area (Å²) in [4.78, 5) is 15.1. The molecule has 1 aliphatic rings. The second kappa shape index (κ2) is 10.8. The van der Waals surface area contributed by atoms with Crippen molar-refractivity contribution >= 4 is 11.5 Å². The molecule has 188 valence electrons. The molecule has 1 atom stereocenters. The molecule has 1 heterocycles. The number of hydrogen-bond donors (Lipinski definition) is 1. The lowest BCUT2D eigenvalue weighted by atomic mass is 9.91. The van der Waals surface area contributed by atoms with E-state index in [9.17, 15) is 9.90 Å². The van der Waals surface area contributed by atoms with Gasteiger partial charge in [-0.05, 0) is 58.9 Å². The van der Waals surface area contributed by atoms with E-state index in [-0.39, 0.29) is 11.7 Å². The van der Waals surface area contributed by atoms with Gasteiger partial charge in [0, 0.05) is 12.1 Å². The normalized spacial score (nSPS) is 15.6. The van der Waals surface area contributed by atoms with Gasteiger partial charge in [0.05, 0.1) is 27.4 Å².